The van der Waals surface area contributed by atoms with Crippen LogP contribution in [0.5, 0.6) is 0 Å². The van der Waals surface area contributed by atoms with Gasteiger partial charge in [0.05, 0.1) is 0 Å². The number of carboxylic acids is 1. The van der Waals surface area contributed by atoms with Crippen molar-refractivity contribution >= 4 is 5.97 Å². The van der Waals surface area contributed by atoms with Crippen LogP contribution in [0.1, 0.15) is 12.5 Å². The molecular formula is C13H19NO3. The Morgan fingerprint density at radius 1 is 1.41 bits per heavy atom. The van der Waals surface area contributed by atoms with E-state index in [1.165, 1.54) is 0 Å². The van der Waals surface area contributed by atoms with E-state index in [0.29, 0.717) is 13.2 Å². The summed E-state index contributed by atoms with van der Waals surface area (Å²) in [6.45, 7) is 3.32. The second kappa shape index (κ2) is 7.04. The maximum atomic E-state index is 10.9. The first-order chi connectivity index (χ1) is 8.13. The SMILES string of the molecule is CCOC(CN(C)Cc1ccccc1)C(=O)O. The normalized spacial score (nSPS) is 12.6. The van der Waals surface area contributed by atoms with E-state index in [1.807, 2.05) is 42.3 Å². The number of carbonyl (C=O) groups is 1. The molecular weight excluding hydrogens is 218 g/mol. The van der Waals surface area contributed by atoms with Gasteiger partial charge in [-0.25, -0.2) is 4.79 Å². The van der Waals surface area contributed by atoms with Crippen LogP contribution in [0, 0.1) is 0 Å². The van der Waals surface area contributed by atoms with Gasteiger partial charge >= 0.3 is 5.97 Å². The first kappa shape index (κ1) is 13.7. The summed E-state index contributed by atoms with van der Waals surface area (Å²) in [5, 5.41) is 8.97. The Morgan fingerprint density at radius 2 is 2.06 bits per heavy atom. The molecule has 4 heteroatoms. The van der Waals surface area contributed by atoms with E-state index in [9.17, 15) is 4.79 Å². The summed E-state index contributed by atoms with van der Waals surface area (Å²) >= 11 is 0. The third-order valence-corrected chi connectivity index (χ3v) is 2.42. The van der Waals surface area contributed by atoms with Crippen LogP contribution in [0.15, 0.2) is 30.3 Å². The van der Waals surface area contributed by atoms with E-state index in [2.05, 4.69) is 0 Å². The maximum Gasteiger partial charge on any atom is 0.334 e. The summed E-state index contributed by atoms with van der Waals surface area (Å²) in [6, 6.07) is 9.95. The van der Waals surface area contributed by atoms with Crippen LogP contribution < -0.4 is 0 Å². The van der Waals surface area contributed by atoms with Crippen molar-refractivity contribution in [2.45, 2.75) is 19.6 Å². The number of benzene rings is 1. The highest BCUT2D eigenvalue weighted by atomic mass is 16.5. The van der Waals surface area contributed by atoms with Crippen molar-refractivity contribution in [2.24, 2.45) is 0 Å². The summed E-state index contributed by atoms with van der Waals surface area (Å²) in [6.07, 6.45) is -0.756. The van der Waals surface area contributed by atoms with Crippen molar-refractivity contribution in [1.82, 2.24) is 4.90 Å². The van der Waals surface area contributed by atoms with Crippen molar-refractivity contribution in [2.75, 3.05) is 20.2 Å². The smallest absolute Gasteiger partial charge is 0.334 e. The van der Waals surface area contributed by atoms with E-state index in [0.717, 1.165) is 12.1 Å². The van der Waals surface area contributed by atoms with Crippen molar-refractivity contribution in [3.8, 4) is 0 Å². The van der Waals surface area contributed by atoms with Gasteiger partial charge in [-0.05, 0) is 19.5 Å². The van der Waals surface area contributed by atoms with E-state index >= 15 is 0 Å². The van der Waals surface area contributed by atoms with Crippen molar-refractivity contribution in [3.05, 3.63) is 35.9 Å². The topological polar surface area (TPSA) is 49.8 Å². The van der Waals surface area contributed by atoms with Gasteiger partial charge in [0.25, 0.3) is 0 Å². The summed E-state index contributed by atoms with van der Waals surface area (Å²) in [5.74, 6) is -0.910. The first-order valence-corrected chi connectivity index (χ1v) is 5.70. The minimum atomic E-state index is -0.910. The third-order valence-electron chi connectivity index (χ3n) is 2.42. The molecule has 0 fully saturated rings. The molecule has 0 aliphatic carbocycles. The van der Waals surface area contributed by atoms with Gasteiger partial charge in [0, 0.05) is 19.7 Å². The van der Waals surface area contributed by atoms with E-state index in [-0.39, 0.29) is 0 Å². The van der Waals surface area contributed by atoms with Gasteiger partial charge in [-0.15, -0.1) is 0 Å². The van der Waals surface area contributed by atoms with Crippen LogP contribution in [-0.2, 0) is 16.1 Å². The van der Waals surface area contributed by atoms with Crippen LogP contribution in [0.2, 0.25) is 0 Å². The van der Waals surface area contributed by atoms with Gasteiger partial charge in [0.15, 0.2) is 6.10 Å². The molecule has 1 aromatic carbocycles. The van der Waals surface area contributed by atoms with Gasteiger partial charge < -0.3 is 9.84 Å². The Morgan fingerprint density at radius 3 is 2.59 bits per heavy atom. The quantitative estimate of drug-likeness (QED) is 0.782. The molecule has 94 valence electrons. The molecule has 17 heavy (non-hydrogen) atoms. The molecule has 0 aliphatic heterocycles. The molecule has 0 bridgehead atoms. The first-order valence-electron chi connectivity index (χ1n) is 5.70. The molecule has 0 spiro atoms. The molecule has 0 aliphatic rings. The summed E-state index contributed by atoms with van der Waals surface area (Å²) < 4.78 is 5.17. The average Bonchev–Trinajstić information content (AvgIpc) is 2.29. The molecule has 1 rings (SSSR count). The van der Waals surface area contributed by atoms with Gasteiger partial charge in [-0.2, -0.15) is 0 Å². The minimum absolute atomic E-state index is 0.387. The highest BCUT2D eigenvalue weighted by Crippen LogP contribution is 2.04. The summed E-state index contributed by atoms with van der Waals surface area (Å²) in [4.78, 5) is 12.9. The molecule has 4 nitrogen and oxygen atoms in total. The molecule has 1 unspecified atom stereocenters. The van der Waals surface area contributed by atoms with Crippen molar-refractivity contribution < 1.29 is 14.6 Å². The number of carboxylic acid groups (broad SMARTS) is 1. The number of ether oxygens (including phenoxy) is 1. The van der Waals surface area contributed by atoms with Gasteiger partial charge in [-0.3, -0.25) is 4.90 Å². The van der Waals surface area contributed by atoms with Gasteiger partial charge in [0.2, 0.25) is 0 Å². The lowest BCUT2D eigenvalue weighted by atomic mass is 10.2. The molecule has 0 amide bonds. The van der Waals surface area contributed by atoms with E-state index in [1.54, 1.807) is 6.92 Å². The largest absolute Gasteiger partial charge is 0.479 e. The fourth-order valence-electron chi connectivity index (χ4n) is 1.65. The lowest BCUT2D eigenvalue weighted by molar-refractivity contribution is -0.151. The highest BCUT2D eigenvalue weighted by molar-refractivity contribution is 5.72. The molecule has 0 aromatic heterocycles. The minimum Gasteiger partial charge on any atom is -0.479 e. The molecule has 0 saturated heterocycles. The maximum absolute atomic E-state index is 10.9. The van der Waals surface area contributed by atoms with Crippen molar-refractivity contribution in [3.63, 3.8) is 0 Å². The monoisotopic (exact) mass is 237 g/mol. The second-order valence-electron chi connectivity index (χ2n) is 3.96. The zero-order valence-electron chi connectivity index (χ0n) is 10.3. The lowest BCUT2D eigenvalue weighted by Gasteiger charge is -2.21. The zero-order valence-corrected chi connectivity index (χ0v) is 10.3. The van der Waals surface area contributed by atoms with Crippen LogP contribution in [0.4, 0.5) is 0 Å². The number of likely N-dealkylation sites (N-methyl/N-ethyl adjacent to an activating group) is 1. The Labute approximate surface area is 102 Å². The highest BCUT2D eigenvalue weighted by Gasteiger charge is 2.19. The molecule has 0 radical (unpaired) electrons. The zero-order chi connectivity index (χ0) is 12.7. The third kappa shape index (κ3) is 4.97. The Hall–Kier alpha value is -1.39. The Kier molecular flexibility index (Phi) is 5.66. The molecule has 1 aromatic rings. The van der Waals surface area contributed by atoms with Crippen LogP contribution in [0.25, 0.3) is 0 Å². The van der Waals surface area contributed by atoms with Crippen LogP contribution >= 0.6 is 0 Å². The summed E-state index contributed by atoms with van der Waals surface area (Å²) in [7, 11) is 1.89. The molecule has 1 atom stereocenters. The fourth-order valence-corrected chi connectivity index (χ4v) is 1.65. The number of nitrogens with zero attached hydrogens (tertiary/aromatic N) is 1. The van der Waals surface area contributed by atoms with Gasteiger partial charge in [-0.1, -0.05) is 30.3 Å². The number of rotatable bonds is 7. The lowest BCUT2D eigenvalue weighted by Crippen LogP contribution is -2.36. The number of hydrogen-bond acceptors (Lipinski definition) is 3. The Bertz CT molecular complexity index is 340. The molecule has 0 heterocycles. The number of aliphatic carboxylic acids is 1. The fraction of sp³-hybridized carbons (Fsp3) is 0.462. The van der Waals surface area contributed by atoms with Gasteiger partial charge in [0.1, 0.15) is 0 Å². The predicted molar refractivity (Wildman–Crippen MR) is 65.8 cm³/mol. The van der Waals surface area contributed by atoms with E-state index in [4.69, 9.17) is 9.84 Å². The molecule has 0 saturated carbocycles. The second-order valence-corrected chi connectivity index (χ2v) is 3.96. The van der Waals surface area contributed by atoms with Crippen LogP contribution in [-0.4, -0.2) is 42.3 Å². The molecule has 1 N–H and O–H groups in total. The number of hydrogen-bond donors (Lipinski definition) is 1. The summed E-state index contributed by atoms with van der Waals surface area (Å²) in [5.41, 5.74) is 1.16. The average molecular weight is 237 g/mol. The Balaban J connectivity index is 2.47. The van der Waals surface area contributed by atoms with Crippen molar-refractivity contribution in [1.29, 1.82) is 0 Å². The van der Waals surface area contributed by atoms with E-state index < -0.39 is 12.1 Å². The predicted octanol–water partition coefficient (Wildman–Crippen LogP) is 1.61. The standard InChI is InChI=1S/C13H19NO3/c1-3-17-12(13(15)16)10-14(2)9-11-7-5-4-6-8-11/h4-8,12H,3,9-10H2,1-2H3,(H,15,16). The van der Waals surface area contributed by atoms with Crippen LogP contribution in [0.3, 0.4) is 0 Å².